The largest absolute Gasteiger partial charge is 0.369 e. The summed E-state index contributed by atoms with van der Waals surface area (Å²) in [6.45, 7) is 5.85. The number of nitrogens with zero attached hydrogens (tertiary/aromatic N) is 4. The molecule has 0 unspecified atom stereocenters. The number of hydrogen-bond acceptors (Lipinski definition) is 5. The van der Waals surface area contributed by atoms with Crippen LogP contribution in [0, 0.1) is 5.41 Å². The molecule has 3 N–H and O–H groups in total. The normalized spacial score (nSPS) is 12.0. The van der Waals surface area contributed by atoms with E-state index in [0.717, 1.165) is 36.2 Å². The molecule has 0 aromatic carbocycles. The lowest BCUT2D eigenvalue weighted by Crippen LogP contribution is -2.36. The highest BCUT2D eigenvalue weighted by Crippen LogP contribution is 2.26. The Morgan fingerprint density at radius 3 is 2.68 bits per heavy atom. The fourth-order valence-corrected chi connectivity index (χ4v) is 2.23. The van der Waals surface area contributed by atoms with Crippen molar-refractivity contribution in [3.05, 3.63) is 12.5 Å². The standard InChI is InChI=1S/C13H22N6/c1-4-13(5-2,7-14)8-15-11-10-6-18-19(3)12(10)17-9-16-11/h6,9H,4-5,7-8,14H2,1-3H3,(H,15,16,17). The van der Waals surface area contributed by atoms with Gasteiger partial charge in [-0.2, -0.15) is 5.10 Å². The molecule has 0 aliphatic rings. The zero-order valence-electron chi connectivity index (χ0n) is 11.8. The summed E-state index contributed by atoms with van der Waals surface area (Å²) in [6, 6.07) is 0. The molecule has 2 aromatic heterocycles. The molecule has 2 heterocycles. The molecule has 104 valence electrons. The van der Waals surface area contributed by atoms with Gasteiger partial charge in [0.15, 0.2) is 5.65 Å². The minimum atomic E-state index is 0.124. The third-order valence-electron chi connectivity index (χ3n) is 4.09. The average Bonchev–Trinajstić information content (AvgIpc) is 2.84. The Balaban J connectivity index is 2.22. The van der Waals surface area contributed by atoms with Crippen molar-refractivity contribution in [1.29, 1.82) is 0 Å². The molecule has 6 heteroatoms. The molecular formula is C13H22N6. The van der Waals surface area contributed by atoms with Crippen molar-refractivity contribution in [3.8, 4) is 0 Å². The van der Waals surface area contributed by atoms with Crippen LogP contribution in [0.3, 0.4) is 0 Å². The Morgan fingerprint density at radius 2 is 2.05 bits per heavy atom. The van der Waals surface area contributed by atoms with Crippen molar-refractivity contribution in [2.75, 3.05) is 18.4 Å². The molecule has 2 aromatic rings. The van der Waals surface area contributed by atoms with Gasteiger partial charge in [0.25, 0.3) is 0 Å². The zero-order valence-corrected chi connectivity index (χ0v) is 11.8. The third kappa shape index (κ3) is 2.53. The van der Waals surface area contributed by atoms with E-state index in [1.165, 1.54) is 0 Å². The Hall–Kier alpha value is -1.69. The van der Waals surface area contributed by atoms with E-state index in [-0.39, 0.29) is 5.41 Å². The van der Waals surface area contributed by atoms with Gasteiger partial charge in [-0.1, -0.05) is 13.8 Å². The van der Waals surface area contributed by atoms with Crippen LogP contribution >= 0.6 is 0 Å². The lowest BCUT2D eigenvalue weighted by Gasteiger charge is -2.30. The summed E-state index contributed by atoms with van der Waals surface area (Å²) in [5.41, 5.74) is 6.88. The maximum atomic E-state index is 5.92. The van der Waals surface area contributed by atoms with Crippen molar-refractivity contribution in [1.82, 2.24) is 19.7 Å². The molecule has 2 rings (SSSR count). The number of fused-ring (bicyclic) bond motifs is 1. The lowest BCUT2D eigenvalue weighted by molar-refractivity contribution is 0.294. The fraction of sp³-hybridized carbons (Fsp3) is 0.615. The van der Waals surface area contributed by atoms with Crippen LogP contribution in [0.1, 0.15) is 26.7 Å². The van der Waals surface area contributed by atoms with E-state index in [1.807, 2.05) is 7.05 Å². The van der Waals surface area contributed by atoms with Crippen LogP contribution in [-0.4, -0.2) is 32.8 Å². The zero-order chi connectivity index (χ0) is 13.9. The van der Waals surface area contributed by atoms with E-state index in [2.05, 4.69) is 34.2 Å². The first-order valence-corrected chi connectivity index (χ1v) is 6.72. The van der Waals surface area contributed by atoms with Gasteiger partial charge in [0.1, 0.15) is 12.1 Å². The van der Waals surface area contributed by atoms with Gasteiger partial charge < -0.3 is 11.1 Å². The average molecular weight is 262 g/mol. The summed E-state index contributed by atoms with van der Waals surface area (Å²) in [7, 11) is 1.88. The number of nitrogens with two attached hydrogens (primary N) is 1. The third-order valence-corrected chi connectivity index (χ3v) is 4.09. The summed E-state index contributed by atoms with van der Waals surface area (Å²) in [4.78, 5) is 8.54. The number of hydrogen-bond donors (Lipinski definition) is 2. The number of aryl methyl sites for hydroxylation is 1. The maximum Gasteiger partial charge on any atom is 0.163 e. The molecule has 0 aliphatic heterocycles. The van der Waals surface area contributed by atoms with Gasteiger partial charge >= 0.3 is 0 Å². The van der Waals surface area contributed by atoms with Gasteiger partial charge in [-0.05, 0) is 24.8 Å². The topological polar surface area (TPSA) is 81.7 Å². The molecule has 0 saturated carbocycles. The molecule has 0 aliphatic carbocycles. The number of rotatable bonds is 6. The number of aromatic nitrogens is 4. The first-order chi connectivity index (χ1) is 9.15. The first-order valence-electron chi connectivity index (χ1n) is 6.72. The van der Waals surface area contributed by atoms with Gasteiger partial charge in [0.05, 0.1) is 11.6 Å². The minimum Gasteiger partial charge on any atom is -0.369 e. The molecule has 0 atom stereocenters. The quantitative estimate of drug-likeness (QED) is 0.825. The molecule has 0 saturated heterocycles. The van der Waals surface area contributed by atoms with Gasteiger partial charge in [-0.15, -0.1) is 0 Å². The Morgan fingerprint density at radius 1 is 1.32 bits per heavy atom. The van der Waals surface area contributed by atoms with Crippen LogP contribution in [0.4, 0.5) is 5.82 Å². The van der Waals surface area contributed by atoms with Crippen LogP contribution in [0.15, 0.2) is 12.5 Å². The predicted molar refractivity (Wildman–Crippen MR) is 76.9 cm³/mol. The summed E-state index contributed by atoms with van der Waals surface area (Å²) in [6.07, 6.45) is 5.45. The summed E-state index contributed by atoms with van der Waals surface area (Å²) in [5.74, 6) is 0.831. The van der Waals surface area contributed by atoms with E-state index >= 15 is 0 Å². The maximum absolute atomic E-state index is 5.92. The SMILES string of the molecule is CCC(CC)(CN)CNc1ncnc2c1cnn2C. The molecule has 0 amide bonds. The van der Waals surface area contributed by atoms with Crippen molar-refractivity contribution < 1.29 is 0 Å². The summed E-state index contributed by atoms with van der Waals surface area (Å²) < 4.78 is 1.75. The summed E-state index contributed by atoms with van der Waals surface area (Å²) in [5, 5.41) is 8.57. The van der Waals surface area contributed by atoms with E-state index in [0.29, 0.717) is 6.54 Å². The second-order valence-electron chi connectivity index (χ2n) is 4.99. The molecule has 0 radical (unpaired) electrons. The van der Waals surface area contributed by atoms with Gasteiger partial charge in [0, 0.05) is 13.6 Å². The lowest BCUT2D eigenvalue weighted by atomic mass is 9.82. The van der Waals surface area contributed by atoms with Crippen LogP contribution in [0.5, 0.6) is 0 Å². The van der Waals surface area contributed by atoms with E-state index < -0.39 is 0 Å². The number of anilines is 1. The van der Waals surface area contributed by atoms with Crippen molar-refractivity contribution in [2.45, 2.75) is 26.7 Å². The van der Waals surface area contributed by atoms with Gasteiger partial charge in [-0.3, -0.25) is 4.68 Å². The Kier molecular flexibility index (Phi) is 3.99. The Labute approximate surface area is 113 Å². The second-order valence-corrected chi connectivity index (χ2v) is 4.99. The summed E-state index contributed by atoms with van der Waals surface area (Å²) >= 11 is 0. The molecule has 0 fully saturated rings. The van der Waals surface area contributed by atoms with Crippen LogP contribution < -0.4 is 11.1 Å². The van der Waals surface area contributed by atoms with Gasteiger partial charge in [-0.25, -0.2) is 9.97 Å². The predicted octanol–water partition coefficient (Wildman–Crippen LogP) is 1.54. The van der Waals surface area contributed by atoms with Crippen LogP contribution in [-0.2, 0) is 7.05 Å². The highest BCUT2D eigenvalue weighted by atomic mass is 15.3. The van der Waals surface area contributed by atoms with Crippen LogP contribution in [0.2, 0.25) is 0 Å². The van der Waals surface area contributed by atoms with Crippen molar-refractivity contribution in [2.24, 2.45) is 18.2 Å². The van der Waals surface area contributed by atoms with Crippen molar-refractivity contribution in [3.63, 3.8) is 0 Å². The van der Waals surface area contributed by atoms with Gasteiger partial charge in [0.2, 0.25) is 0 Å². The van der Waals surface area contributed by atoms with E-state index in [4.69, 9.17) is 5.73 Å². The van der Waals surface area contributed by atoms with Crippen molar-refractivity contribution >= 4 is 16.9 Å². The second kappa shape index (κ2) is 5.52. The first kappa shape index (κ1) is 13.7. The fourth-order valence-electron chi connectivity index (χ4n) is 2.23. The van der Waals surface area contributed by atoms with E-state index in [1.54, 1.807) is 17.2 Å². The van der Waals surface area contributed by atoms with Crippen LogP contribution in [0.25, 0.3) is 11.0 Å². The molecule has 0 spiro atoms. The highest BCUT2D eigenvalue weighted by molar-refractivity contribution is 5.85. The molecule has 6 nitrogen and oxygen atoms in total. The number of nitrogens with one attached hydrogen (secondary N) is 1. The monoisotopic (exact) mass is 262 g/mol. The molecule has 0 bridgehead atoms. The van der Waals surface area contributed by atoms with E-state index in [9.17, 15) is 0 Å². The minimum absolute atomic E-state index is 0.124. The molecular weight excluding hydrogens is 240 g/mol. The smallest absolute Gasteiger partial charge is 0.163 e. The molecule has 19 heavy (non-hydrogen) atoms. The highest BCUT2D eigenvalue weighted by Gasteiger charge is 2.24. The Bertz CT molecular complexity index is 535.